The molecule has 136 valence electrons. The lowest BCUT2D eigenvalue weighted by molar-refractivity contribution is -0.174. The molecule has 0 radical (unpaired) electrons. The Morgan fingerprint density at radius 1 is 1.27 bits per heavy atom. The fourth-order valence-electron chi connectivity index (χ4n) is 3.73. The van der Waals surface area contributed by atoms with E-state index in [-0.39, 0.29) is 17.6 Å². The van der Waals surface area contributed by atoms with Crippen LogP contribution in [0.15, 0.2) is 29.2 Å². The maximum absolute atomic E-state index is 12.6. The molecular formula is C18H20N4O4. The predicted molar refractivity (Wildman–Crippen MR) is 88.7 cm³/mol. The number of amides is 1. The van der Waals surface area contributed by atoms with Gasteiger partial charge in [-0.15, -0.1) is 0 Å². The minimum absolute atomic E-state index is 0.0196. The number of likely N-dealkylation sites (tertiary alicyclic amines) is 1. The molecule has 0 bridgehead atoms. The van der Waals surface area contributed by atoms with E-state index in [1.165, 1.54) is 0 Å². The second-order valence-electron chi connectivity index (χ2n) is 7.36. The summed E-state index contributed by atoms with van der Waals surface area (Å²) in [6, 6.07) is 1.78. The number of nitrogens with zero attached hydrogens (tertiary/aromatic N) is 4. The van der Waals surface area contributed by atoms with Crippen molar-refractivity contribution in [1.82, 2.24) is 20.0 Å². The fraction of sp³-hybridized carbons (Fsp3) is 0.556. The van der Waals surface area contributed by atoms with Crippen molar-refractivity contribution >= 4 is 5.91 Å². The number of carbonyl (C=O) groups excluding carboxylic acids is 1. The first-order valence-corrected chi connectivity index (χ1v) is 9.03. The highest BCUT2D eigenvalue weighted by Crippen LogP contribution is 2.41. The number of hydrogen-bond acceptors (Lipinski definition) is 7. The second kappa shape index (κ2) is 6.05. The second-order valence-corrected chi connectivity index (χ2v) is 7.36. The molecule has 3 fully saturated rings. The summed E-state index contributed by atoms with van der Waals surface area (Å²) in [7, 11) is 0. The average Bonchev–Trinajstić information content (AvgIpc) is 3.37. The van der Waals surface area contributed by atoms with Gasteiger partial charge < -0.3 is 18.9 Å². The van der Waals surface area contributed by atoms with Gasteiger partial charge >= 0.3 is 0 Å². The number of ether oxygens (including phenoxy) is 2. The lowest BCUT2D eigenvalue weighted by Gasteiger charge is -2.52. The van der Waals surface area contributed by atoms with Crippen LogP contribution >= 0.6 is 0 Å². The first kappa shape index (κ1) is 15.7. The molecule has 26 heavy (non-hydrogen) atoms. The third-order valence-electron chi connectivity index (χ3n) is 5.25. The van der Waals surface area contributed by atoms with Crippen LogP contribution in [0, 0.1) is 0 Å². The summed E-state index contributed by atoms with van der Waals surface area (Å²) >= 11 is 0. The molecule has 1 atom stereocenters. The molecule has 1 aliphatic carbocycles. The molecule has 2 aromatic heterocycles. The molecule has 0 N–H and O–H groups in total. The third kappa shape index (κ3) is 2.94. The summed E-state index contributed by atoms with van der Waals surface area (Å²) < 4.78 is 17.2. The topological polar surface area (TPSA) is 90.6 Å². The van der Waals surface area contributed by atoms with Gasteiger partial charge in [0.25, 0.3) is 5.91 Å². The Hall–Kier alpha value is -2.48. The quantitative estimate of drug-likeness (QED) is 0.825. The van der Waals surface area contributed by atoms with E-state index in [0.29, 0.717) is 37.2 Å². The van der Waals surface area contributed by atoms with Gasteiger partial charge in [-0.1, -0.05) is 5.16 Å². The SMILES string of the molecule is O=C(c1cc(C2CC2)on1)N1CC2(C[C@H](Oc3cnccn3)CCO2)C1. The summed E-state index contributed by atoms with van der Waals surface area (Å²) in [4.78, 5) is 22.5. The molecule has 2 aromatic rings. The van der Waals surface area contributed by atoms with Crippen LogP contribution in [0.3, 0.4) is 0 Å². The smallest absolute Gasteiger partial charge is 0.276 e. The molecule has 5 rings (SSSR count). The highest BCUT2D eigenvalue weighted by atomic mass is 16.5. The minimum Gasteiger partial charge on any atom is -0.473 e. The van der Waals surface area contributed by atoms with Crippen molar-refractivity contribution in [1.29, 1.82) is 0 Å². The van der Waals surface area contributed by atoms with E-state index in [1.54, 1.807) is 29.6 Å². The van der Waals surface area contributed by atoms with E-state index in [0.717, 1.165) is 31.4 Å². The van der Waals surface area contributed by atoms with Gasteiger partial charge in [0.15, 0.2) is 5.69 Å². The highest BCUT2D eigenvalue weighted by molar-refractivity contribution is 5.93. The molecule has 4 heterocycles. The van der Waals surface area contributed by atoms with E-state index in [1.807, 2.05) is 0 Å². The monoisotopic (exact) mass is 356 g/mol. The summed E-state index contributed by atoms with van der Waals surface area (Å²) in [5.41, 5.74) is 0.0639. The summed E-state index contributed by atoms with van der Waals surface area (Å²) in [6.07, 6.45) is 8.65. The van der Waals surface area contributed by atoms with E-state index in [9.17, 15) is 4.79 Å². The minimum atomic E-state index is -0.330. The van der Waals surface area contributed by atoms with Gasteiger partial charge in [0.2, 0.25) is 5.88 Å². The summed E-state index contributed by atoms with van der Waals surface area (Å²) in [6.45, 7) is 1.72. The first-order chi connectivity index (χ1) is 12.7. The van der Waals surface area contributed by atoms with Gasteiger partial charge in [-0.05, 0) is 12.8 Å². The largest absolute Gasteiger partial charge is 0.473 e. The maximum Gasteiger partial charge on any atom is 0.276 e. The lowest BCUT2D eigenvalue weighted by Crippen LogP contribution is -2.67. The molecule has 1 spiro atoms. The van der Waals surface area contributed by atoms with Crippen molar-refractivity contribution in [3.05, 3.63) is 36.1 Å². The Bertz CT molecular complexity index is 799. The van der Waals surface area contributed by atoms with Crippen molar-refractivity contribution in [3.8, 4) is 5.88 Å². The molecule has 0 aromatic carbocycles. The number of aromatic nitrogens is 3. The average molecular weight is 356 g/mol. The van der Waals surface area contributed by atoms with E-state index < -0.39 is 0 Å². The van der Waals surface area contributed by atoms with Gasteiger partial charge in [0.1, 0.15) is 17.5 Å². The first-order valence-electron chi connectivity index (χ1n) is 9.03. The Morgan fingerprint density at radius 3 is 2.92 bits per heavy atom. The zero-order chi connectivity index (χ0) is 17.6. The maximum atomic E-state index is 12.6. The Labute approximate surface area is 150 Å². The van der Waals surface area contributed by atoms with Crippen molar-refractivity contribution in [2.45, 2.75) is 43.3 Å². The molecule has 2 saturated heterocycles. The number of rotatable bonds is 4. The van der Waals surface area contributed by atoms with E-state index in [4.69, 9.17) is 14.0 Å². The van der Waals surface area contributed by atoms with Gasteiger partial charge in [0.05, 0.1) is 25.9 Å². The Balaban J connectivity index is 1.19. The van der Waals surface area contributed by atoms with Crippen LogP contribution < -0.4 is 4.74 Å². The molecule has 8 heteroatoms. The molecule has 2 aliphatic heterocycles. The van der Waals surface area contributed by atoms with Crippen molar-refractivity contribution in [2.24, 2.45) is 0 Å². The normalized spacial score (nSPS) is 24.3. The van der Waals surface area contributed by atoms with Crippen LogP contribution in [0.2, 0.25) is 0 Å². The van der Waals surface area contributed by atoms with E-state index >= 15 is 0 Å². The predicted octanol–water partition coefficient (Wildman–Crippen LogP) is 1.79. The van der Waals surface area contributed by atoms with Gasteiger partial charge in [0, 0.05) is 37.2 Å². The zero-order valence-electron chi connectivity index (χ0n) is 14.3. The van der Waals surface area contributed by atoms with Crippen molar-refractivity contribution in [2.75, 3.05) is 19.7 Å². The Kier molecular flexibility index (Phi) is 3.66. The molecule has 1 amide bonds. The highest BCUT2D eigenvalue weighted by Gasteiger charge is 2.50. The molecule has 8 nitrogen and oxygen atoms in total. The molecule has 1 saturated carbocycles. The molecule has 3 aliphatic rings. The zero-order valence-corrected chi connectivity index (χ0v) is 14.3. The summed E-state index contributed by atoms with van der Waals surface area (Å²) in [5.74, 6) is 1.71. The standard InChI is InChI=1S/C18H20N4O4/c23-17(14-7-15(26-21-14)12-1-2-12)22-10-18(11-22)8-13(3-6-24-18)25-16-9-19-4-5-20-16/h4-5,7,9,12-13H,1-3,6,8,10-11H2/t13-/m1/s1. The van der Waals surface area contributed by atoms with Crippen molar-refractivity contribution in [3.63, 3.8) is 0 Å². The van der Waals surface area contributed by atoms with Crippen LogP contribution in [0.1, 0.15) is 47.8 Å². The van der Waals surface area contributed by atoms with Gasteiger partial charge in [-0.25, -0.2) is 4.98 Å². The summed E-state index contributed by atoms with van der Waals surface area (Å²) in [5, 5.41) is 3.94. The van der Waals surface area contributed by atoms with Gasteiger partial charge in [-0.3, -0.25) is 9.78 Å². The molecular weight excluding hydrogens is 336 g/mol. The number of carbonyl (C=O) groups is 1. The van der Waals surface area contributed by atoms with E-state index in [2.05, 4.69) is 15.1 Å². The van der Waals surface area contributed by atoms with Crippen LogP contribution in [0.4, 0.5) is 0 Å². The third-order valence-corrected chi connectivity index (χ3v) is 5.25. The number of hydrogen-bond donors (Lipinski definition) is 0. The molecule has 0 unspecified atom stereocenters. The van der Waals surface area contributed by atoms with Crippen LogP contribution in [-0.2, 0) is 4.74 Å². The van der Waals surface area contributed by atoms with Crippen LogP contribution in [0.5, 0.6) is 5.88 Å². The van der Waals surface area contributed by atoms with Crippen LogP contribution in [-0.4, -0.2) is 57.3 Å². The van der Waals surface area contributed by atoms with Crippen molar-refractivity contribution < 1.29 is 18.8 Å². The lowest BCUT2D eigenvalue weighted by atomic mass is 9.84. The van der Waals surface area contributed by atoms with Crippen LogP contribution in [0.25, 0.3) is 0 Å². The Morgan fingerprint density at radius 2 is 2.15 bits per heavy atom. The fourth-order valence-corrected chi connectivity index (χ4v) is 3.73. The van der Waals surface area contributed by atoms with Gasteiger partial charge in [-0.2, -0.15) is 0 Å².